The average molecular weight is 429 g/mol. The Morgan fingerprint density at radius 1 is 1.21 bits per heavy atom. The molecule has 2 N–H and O–H groups in total. The first-order valence-electron chi connectivity index (χ1n) is 8.61. The van der Waals surface area contributed by atoms with Gasteiger partial charge in [-0.05, 0) is 36.9 Å². The number of nitrogens with one attached hydrogen (secondary N) is 2. The molecule has 1 aromatic heterocycles. The van der Waals surface area contributed by atoms with Crippen molar-refractivity contribution in [2.24, 2.45) is 0 Å². The molecular formula is C18H24N2O6S2. The van der Waals surface area contributed by atoms with E-state index >= 15 is 0 Å². The van der Waals surface area contributed by atoms with E-state index in [0.717, 1.165) is 23.4 Å². The Labute approximate surface area is 168 Å². The van der Waals surface area contributed by atoms with Gasteiger partial charge in [0.25, 0.3) is 10.0 Å². The van der Waals surface area contributed by atoms with E-state index in [-0.39, 0.29) is 15.5 Å². The van der Waals surface area contributed by atoms with E-state index in [1.54, 1.807) is 18.2 Å². The molecule has 0 aliphatic heterocycles. The summed E-state index contributed by atoms with van der Waals surface area (Å²) in [6.07, 6.45) is 0.846. The third kappa shape index (κ3) is 5.60. The molecule has 0 atom stereocenters. The maximum absolute atomic E-state index is 12.7. The van der Waals surface area contributed by atoms with E-state index in [1.807, 2.05) is 6.92 Å². The average Bonchev–Trinajstić information content (AvgIpc) is 3.19. The number of carbonyl (C=O) groups is 1. The summed E-state index contributed by atoms with van der Waals surface area (Å²) in [5, 5.41) is 4.75. The number of thiophene rings is 1. The maximum Gasteiger partial charge on any atom is 0.349 e. The van der Waals surface area contributed by atoms with Crippen molar-refractivity contribution in [2.45, 2.75) is 18.2 Å². The molecule has 154 valence electrons. The zero-order chi connectivity index (χ0) is 20.6. The standard InChI is InChI=1S/C18H24N2O6S2/c1-4-26-10-5-9-19-13-6-7-14(15(12-13)24-2)20-28(22,23)16-8-11-27-17(16)18(21)25-3/h6-8,11-12,19-20H,4-5,9-10H2,1-3H3. The van der Waals surface area contributed by atoms with Gasteiger partial charge in [-0.2, -0.15) is 0 Å². The van der Waals surface area contributed by atoms with Crippen LogP contribution in [0.2, 0.25) is 0 Å². The van der Waals surface area contributed by atoms with Gasteiger partial charge < -0.3 is 19.5 Å². The van der Waals surface area contributed by atoms with Gasteiger partial charge in [0.15, 0.2) is 0 Å². The molecule has 0 aliphatic carbocycles. The number of ether oxygens (including phenoxy) is 3. The molecule has 0 spiro atoms. The van der Waals surface area contributed by atoms with Crippen LogP contribution in [-0.2, 0) is 19.5 Å². The molecule has 0 fully saturated rings. The minimum absolute atomic E-state index is 0.0153. The Bertz CT molecular complexity index is 895. The van der Waals surface area contributed by atoms with Crippen molar-refractivity contribution in [3.8, 4) is 5.75 Å². The smallest absolute Gasteiger partial charge is 0.349 e. The van der Waals surface area contributed by atoms with Crippen LogP contribution in [0.25, 0.3) is 0 Å². The highest BCUT2D eigenvalue weighted by atomic mass is 32.2. The van der Waals surface area contributed by atoms with Crippen molar-refractivity contribution in [3.05, 3.63) is 34.5 Å². The third-order valence-electron chi connectivity index (χ3n) is 3.73. The van der Waals surface area contributed by atoms with E-state index in [0.29, 0.717) is 25.5 Å². The first-order chi connectivity index (χ1) is 13.4. The van der Waals surface area contributed by atoms with Crippen molar-refractivity contribution in [2.75, 3.05) is 44.0 Å². The highest BCUT2D eigenvalue weighted by Gasteiger charge is 2.25. The lowest BCUT2D eigenvalue weighted by molar-refractivity contribution is 0.0602. The molecular weight excluding hydrogens is 404 g/mol. The predicted octanol–water partition coefficient (Wildman–Crippen LogP) is 3.18. The van der Waals surface area contributed by atoms with Crippen LogP contribution in [0.15, 0.2) is 34.5 Å². The molecule has 0 amide bonds. The highest BCUT2D eigenvalue weighted by Crippen LogP contribution is 2.31. The largest absolute Gasteiger partial charge is 0.494 e. The van der Waals surface area contributed by atoms with Crippen molar-refractivity contribution in [3.63, 3.8) is 0 Å². The maximum atomic E-state index is 12.7. The van der Waals surface area contributed by atoms with Crippen LogP contribution in [0.3, 0.4) is 0 Å². The second kappa shape index (κ2) is 10.3. The molecule has 0 aliphatic rings. The van der Waals surface area contributed by atoms with Crippen molar-refractivity contribution in [1.29, 1.82) is 0 Å². The molecule has 0 radical (unpaired) electrons. The lowest BCUT2D eigenvalue weighted by Crippen LogP contribution is -2.16. The van der Waals surface area contributed by atoms with Gasteiger partial charge in [-0.3, -0.25) is 4.72 Å². The number of hydrogen-bond donors (Lipinski definition) is 2. The summed E-state index contributed by atoms with van der Waals surface area (Å²) in [6.45, 7) is 4.01. The summed E-state index contributed by atoms with van der Waals surface area (Å²) in [5.74, 6) is -0.345. The number of hydrogen-bond acceptors (Lipinski definition) is 8. The minimum atomic E-state index is -3.99. The van der Waals surface area contributed by atoms with Gasteiger partial charge in [-0.15, -0.1) is 11.3 Å². The Morgan fingerprint density at radius 2 is 2.00 bits per heavy atom. The van der Waals surface area contributed by atoms with Gasteiger partial charge in [0.2, 0.25) is 0 Å². The summed E-state index contributed by atoms with van der Waals surface area (Å²) in [7, 11) is -1.33. The quantitative estimate of drug-likeness (QED) is 0.418. The minimum Gasteiger partial charge on any atom is -0.494 e. The van der Waals surface area contributed by atoms with Crippen LogP contribution in [-0.4, -0.2) is 48.4 Å². The first-order valence-corrected chi connectivity index (χ1v) is 11.0. The fourth-order valence-corrected chi connectivity index (χ4v) is 4.79. The second-order valence-corrected chi connectivity index (χ2v) is 8.17. The summed E-state index contributed by atoms with van der Waals surface area (Å²) in [4.78, 5) is 11.7. The molecule has 2 aromatic rings. The molecule has 0 bridgehead atoms. The molecule has 1 heterocycles. The van der Waals surface area contributed by atoms with Crippen LogP contribution in [0.5, 0.6) is 5.75 Å². The number of benzene rings is 1. The Morgan fingerprint density at radius 3 is 2.68 bits per heavy atom. The van der Waals surface area contributed by atoms with Crippen LogP contribution in [0, 0.1) is 0 Å². The van der Waals surface area contributed by atoms with Crippen molar-refractivity contribution < 1.29 is 27.4 Å². The van der Waals surface area contributed by atoms with E-state index in [9.17, 15) is 13.2 Å². The SMILES string of the molecule is CCOCCCNc1ccc(NS(=O)(=O)c2ccsc2C(=O)OC)c(OC)c1. The molecule has 8 nitrogen and oxygen atoms in total. The first kappa shape index (κ1) is 22.0. The fourth-order valence-electron chi connectivity index (χ4n) is 2.39. The molecule has 2 rings (SSSR count). The number of methoxy groups -OCH3 is 2. The Balaban J connectivity index is 2.15. The zero-order valence-corrected chi connectivity index (χ0v) is 17.6. The van der Waals surface area contributed by atoms with E-state index in [2.05, 4.69) is 14.8 Å². The summed E-state index contributed by atoms with van der Waals surface area (Å²) >= 11 is 1.00. The monoisotopic (exact) mass is 428 g/mol. The van der Waals surface area contributed by atoms with Crippen LogP contribution in [0.1, 0.15) is 23.0 Å². The molecule has 28 heavy (non-hydrogen) atoms. The van der Waals surface area contributed by atoms with Crippen LogP contribution < -0.4 is 14.8 Å². The molecule has 0 saturated carbocycles. The molecule has 10 heteroatoms. The normalized spacial score (nSPS) is 11.1. The van der Waals surface area contributed by atoms with E-state index in [4.69, 9.17) is 9.47 Å². The topological polar surface area (TPSA) is 103 Å². The van der Waals surface area contributed by atoms with E-state index < -0.39 is 16.0 Å². The number of esters is 1. The molecule has 0 saturated heterocycles. The zero-order valence-electron chi connectivity index (χ0n) is 16.0. The summed E-state index contributed by atoms with van der Waals surface area (Å²) < 4.78 is 43.2. The highest BCUT2D eigenvalue weighted by molar-refractivity contribution is 7.93. The van der Waals surface area contributed by atoms with Gasteiger partial charge >= 0.3 is 5.97 Å². The van der Waals surface area contributed by atoms with E-state index in [1.165, 1.54) is 25.7 Å². The van der Waals surface area contributed by atoms with Gasteiger partial charge in [-0.1, -0.05) is 0 Å². The van der Waals surface area contributed by atoms with Crippen molar-refractivity contribution >= 4 is 38.7 Å². The predicted molar refractivity (Wildman–Crippen MR) is 109 cm³/mol. The molecule has 1 aromatic carbocycles. The fraction of sp³-hybridized carbons (Fsp3) is 0.389. The lowest BCUT2D eigenvalue weighted by Gasteiger charge is -2.14. The number of rotatable bonds is 11. The van der Waals surface area contributed by atoms with Crippen LogP contribution in [0.4, 0.5) is 11.4 Å². The van der Waals surface area contributed by atoms with Gasteiger partial charge in [0.05, 0.1) is 19.9 Å². The van der Waals surface area contributed by atoms with Gasteiger partial charge in [0.1, 0.15) is 15.5 Å². The van der Waals surface area contributed by atoms with Gasteiger partial charge in [0, 0.05) is 31.5 Å². The van der Waals surface area contributed by atoms with Crippen molar-refractivity contribution in [1.82, 2.24) is 0 Å². The Kier molecular flexibility index (Phi) is 8.09. The number of anilines is 2. The summed E-state index contributed by atoms with van der Waals surface area (Å²) in [5.41, 5.74) is 1.06. The number of sulfonamides is 1. The Hall–Kier alpha value is -2.30. The lowest BCUT2D eigenvalue weighted by atomic mass is 10.2. The summed E-state index contributed by atoms with van der Waals surface area (Å²) in [6, 6.07) is 6.41. The molecule has 0 unspecified atom stereocenters. The second-order valence-electron chi connectivity index (χ2n) is 5.60. The number of carbonyl (C=O) groups excluding carboxylic acids is 1. The van der Waals surface area contributed by atoms with Crippen LogP contribution >= 0.6 is 11.3 Å². The third-order valence-corrected chi connectivity index (χ3v) is 6.17. The van der Waals surface area contributed by atoms with Gasteiger partial charge in [-0.25, -0.2) is 13.2 Å².